The van der Waals surface area contributed by atoms with Gasteiger partial charge in [-0.3, -0.25) is 9.59 Å². The number of carbonyl (C=O) groups is 3. The summed E-state index contributed by atoms with van der Waals surface area (Å²) in [4.78, 5) is 39.8. The minimum absolute atomic E-state index is 0.111. The van der Waals surface area contributed by atoms with E-state index in [1.54, 1.807) is 24.3 Å². The van der Waals surface area contributed by atoms with Gasteiger partial charge in [0.25, 0.3) is 11.8 Å². The van der Waals surface area contributed by atoms with Gasteiger partial charge in [0.2, 0.25) is 0 Å². The van der Waals surface area contributed by atoms with Gasteiger partial charge >= 0.3 is 5.97 Å². The highest BCUT2D eigenvalue weighted by molar-refractivity contribution is 9.10. The summed E-state index contributed by atoms with van der Waals surface area (Å²) in [5.74, 6) is -1.46. The first-order chi connectivity index (χ1) is 14.4. The van der Waals surface area contributed by atoms with Crippen LogP contribution in [0.25, 0.3) is 0 Å². The van der Waals surface area contributed by atoms with Crippen LogP contribution in [0.15, 0.2) is 34.8 Å². The van der Waals surface area contributed by atoms with Crippen molar-refractivity contribution >= 4 is 62.3 Å². The number of nitrogens with zero attached hydrogens (tertiary/aromatic N) is 1. The first-order valence-electron chi connectivity index (χ1n) is 9.35. The summed E-state index contributed by atoms with van der Waals surface area (Å²) in [5, 5.41) is 5.28. The SMILES string of the molecule is COC(=O)[C@H](CNC(=O)c1ccc(Cl)s1)NC(=O)c1cc(Br)cc(N2CCCC2)c1. The molecule has 30 heavy (non-hydrogen) atoms. The van der Waals surface area contributed by atoms with Gasteiger partial charge in [0.15, 0.2) is 0 Å². The maximum atomic E-state index is 12.8. The fourth-order valence-corrected chi connectivity index (χ4v) is 4.60. The molecule has 1 aliphatic rings. The van der Waals surface area contributed by atoms with Crippen LogP contribution in [-0.2, 0) is 9.53 Å². The van der Waals surface area contributed by atoms with Crippen LogP contribution in [0.1, 0.15) is 32.9 Å². The number of thiophene rings is 1. The molecular weight excluding hydrogens is 494 g/mol. The summed E-state index contributed by atoms with van der Waals surface area (Å²) in [7, 11) is 1.23. The average Bonchev–Trinajstić information content (AvgIpc) is 3.41. The summed E-state index contributed by atoms with van der Waals surface area (Å²) < 4.78 is 6.04. The van der Waals surface area contributed by atoms with Crippen molar-refractivity contribution in [3.05, 3.63) is 49.6 Å². The predicted octanol–water partition coefficient (Wildman–Crippen LogP) is 3.47. The first-order valence-corrected chi connectivity index (χ1v) is 11.3. The smallest absolute Gasteiger partial charge is 0.330 e. The Bertz CT molecular complexity index is 946. The van der Waals surface area contributed by atoms with Gasteiger partial charge in [-0.15, -0.1) is 11.3 Å². The number of anilines is 1. The van der Waals surface area contributed by atoms with E-state index in [4.69, 9.17) is 16.3 Å². The van der Waals surface area contributed by atoms with Gasteiger partial charge in [-0.05, 0) is 43.2 Å². The molecule has 3 rings (SSSR count). The fourth-order valence-electron chi connectivity index (χ4n) is 3.16. The molecule has 0 saturated carbocycles. The number of nitrogens with one attached hydrogen (secondary N) is 2. The minimum atomic E-state index is -1.03. The van der Waals surface area contributed by atoms with E-state index >= 15 is 0 Å². The largest absolute Gasteiger partial charge is 0.467 e. The van der Waals surface area contributed by atoms with E-state index < -0.39 is 17.9 Å². The van der Waals surface area contributed by atoms with Crippen LogP contribution in [0, 0.1) is 0 Å². The Morgan fingerprint density at radius 2 is 1.93 bits per heavy atom. The third-order valence-corrected chi connectivity index (χ3v) is 6.36. The van der Waals surface area contributed by atoms with Gasteiger partial charge < -0.3 is 20.3 Å². The summed E-state index contributed by atoms with van der Waals surface area (Å²) in [6.45, 7) is 1.78. The van der Waals surface area contributed by atoms with Crippen LogP contribution in [0.3, 0.4) is 0 Å². The maximum Gasteiger partial charge on any atom is 0.330 e. The second kappa shape index (κ2) is 10.3. The first kappa shape index (κ1) is 22.6. The Hall–Kier alpha value is -2.10. The molecule has 0 radical (unpaired) electrons. The summed E-state index contributed by atoms with van der Waals surface area (Å²) in [6, 6.07) is 7.63. The van der Waals surface area contributed by atoms with Crippen LogP contribution >= 0.6 is 38.9 Å². The van der Waals surface area contributed by atoms with Gasteiger partial charge in [-0.25, -0.2) is 4.79 Å². The summed E-state index contributed by atoms with van der Waals surface area (Å²) >= 11 is 10.4. The molecule has 1 saturated heterocycles. The van der Waals surface area contributed by atoms with Crippen LogP contribution in [0.2, 0.25) is 4.34 Å². The fraction of sp³-hybridized carbons (Fsp3) is 0.350. The quantitative estimate of drug-likeness (QED) is 0.553. The zero-order chi connectivity index (χ0) is 21.7. The lowest BCUT2D eigenvalue weighted by Crippen LogP contribution is -2.48. The number of ether oxygens (including phenoxy) is 1. The van der Waals surface area contributed by atoms with E-state index in [0.29, 0.717) is 14.8 Å². The highest BCUT2D eigenvalue weighted by Crippen LogP contribution is 2.26. The lowest BCUT2D eigenvalue weighted by atomic mass is 10.1. The molecule has 2 N–H and O–H groups in total. The van der Waals surface area contributed by atoms with Crippen molar-refractivity contribution < 1.29 is 19.1 Å². The molecule has 1 aromatic heterocycles. The van der Waals surface area contributed by atoms with Gasteiger partial charge in [-0.2, -0.15) is 0 Å². The van der Waals surface area contributed by atoms with Crippen LogP contribution in [0.4, 0.5) is 5.69 Å². The zero-order valence-electron chi connectivity index (χ0n) is 16.2. The average molecular weight is 515 g/mol. The second-order valence-electron chi connectivity index (χ2n) is 6.76. The third-order valence-electron chi connectivity index (χ3n) is 4.67. The van der Waals surface area contributed by atoms with E-state index in [0.717, 1.165) is 47.4 Å². The number of esters is 1. The van der Waals surface area contributed by atoms with Crippen molar-refractivity contribution in [2.45, 2.75) is 18.9 Å². The van der Waals surface area contributed by atoms with Gasteiger partial charge in [-0.1, -0.05) is 27.5 Å². The monoisotopic (exact) mass is 513 g/mol. The number of carbonyl (C=O) groups excluding carboxylic acids is 3. The standard InChI is InChI=1S/C20H21BrClN3O4S/c1-29-20(28)15(11-23-19(27)16-4-5-17(22)30-16)24-18(26)12-8-13(21)10-14(9-12)25-6-2-3-7-25/h4-5,8-10,15H,2-3,6-7,11H2,1H3,(H,23,27)(H,24,26)/t15-/m0/s1. The number of halogens is 2. The van der Waals surface area contributed by atoms with Gasteiger partial charge in [0.05, 0.1) is 16.3 Å². The molecule has 2 aromatic rings. The second-order valence-corrected chi connectivity index (χ2v) is 9.39. The number of methoxy groups -OCH3 is 1. The lowest BCUT2D eigenvalue weighted by molar-refractivity contribution is -0.142. The van der Waals surface area contributed by atoms with Crippen molar-refractivity contribution in [3.63, 3.8) is 0 Å². The molecule has 10 heteroatoms. The Balaban J connectivity index is 1.69. The summed E-state index contributed by atoms with van der Waals surface area (Å²) in [5.41, 5.74) is 1.36. The van der Waals surface area contributed by atoms with E-state index in [2.05, 4.69) is 31.5 Å². The highest BCUT2D eigenvalue weighted by Gasteiger charge is 2.24. The van der Waals surface area contributed by atoms with Crippen LogP contribution < -0.4 is 15.5 Å². The molecule has 160 valence electrons. The molecule has 7 nitrogen and oxygen atoms in total. The molecule has 1 aliphatic heterocycles. The van der Waals surface area contributed by atoms with Crippen molar-refractivity contribution in [1.29, 1.82) is 0 Å². The molecular formula is C20H21BrClN3O4S. The van der Waals surface area contributed by atoms with Crippen LogP contribution in [0.5, 0.6) is 0 Å². The molecule has 1 atom stereocenters. The molecule has 1 fully saturated rings. The molecule has 2 heterocycles. The number of rotatable bonds is 7. The Kier molecular flexibility index (Phi) is 7.74. The van der Waals surface area contributed by atoms with Crippen molar-refractivity contribution in [2.75, 3.05) is 31.6 Å². The summed E-state index contributed by atoms with van der Waals surface area (Å²) in [6.07, 6.45) is 2.24. The molecule has 2 amide bonds. The molecule has 0 aliphatic carbocycles. The number of hydrogen-bond acceptors (Lipinski definition) is 6. The highest BCUT2D eigenvalue weighted by atomic mass is 79.9. The van der Waals surface area contributed by atoms with E-state index in [1.165, 1.54) is 7.11 Å². The predicted molar refractivity (Wildman–Crippen MR) is 121 cm³/mol. The Morgan fingerprint density at radius 1 is 1.20 bits per heavy atom. The van der Waals surface area contributed by atoms with Crippen molar-refractivity contribution in [3.8, 4) is 0 Å². The number of benzene rings is 1. The Morgan fingerprint density at radius 3 is 2.57 bits per heavy atom. The number of amides is 2. The van der Waals surface area contributed by atoms with Crippen molar-refractivity contribution in [2.24, 2.45) is 0 Å². The normalized spacial score (nSPS) is 14.3. The molecule has 0 bridgehead atoms. The van der Waals surface area contributed by atoms with Gasteiger partial charge in [0.1, 0.15) is 6.04 Å². The molecule has 0 unspecified atom stereocenters. The molecule has 0 spiro atoms. The Labute approximate surface area is 191 Å². The van der Waals surface area contributed by atoms with Crippen molar-refractivity contribution in [1.82, 2.24) is 10.6 Å². The minimum Gasteiger partial charge on any atom is -0.467 e. The van der Waals surface area contributed by atoms with E-state index in [9.17, 15) is 14.4 Å². The topological polar surface area (TPSA) is 87.7 Å². The van der Waals surface area contributed by atoms with E-state index in [1.807, 2.05) is 6.07 Å². The van der Waals surface area contributed by atoms with Gasteiger partial charge in [0, 0.05) is 35.4 Å². The third kappa shape index (κ3) is 5.74. The number of hydrogen-bond donors (Lipinski definition) is 2. The van der Waals surface area contributed by atoms with Crippen LogP contribution in [-0.4, -0.2) is 50.6 Å². The van der Waals surface area contributed by atoms with E-state index in [-0.39, 0.29) is 12.5 Å². The lowest BCUT2D eigenvalue weighted by Gasteiger charge is -2.20. The zero-order valence-corrected chi connectivity index (χ0v) is 19.4. The molecule has 1 aromatic carbocycles. The maximum absolute atomic E-state index is 12.8.